The molecule has 2 aromatic heterocycles. The van der Waals surface area contributed by atoms with Gasteiger partial charge in [0, 0.05) is 7.05 Å². The summed E-state index contributed by atoms with van der Waals surface area (Å²) in [5, 5.41) is 13.7. The van der Waals surface area contributed by atoms with E-state index in [0.717, 1.165) is 16.9 Å². The van der Waals surface area contributed by atoms with Crippen molar-refractivity contribution in [2.45, 2.75) is 6.18 Å². The van der Waals surface area contributed by atoms with Gasteiger partial charge in [-0.05, 0) is 17.4 Å². The van der Waals surface area contributed by atoms with Gasteiger partial charge < -0.3 is 0 Å². The maximum atomic E-state index is 12.4. The third kappa shape index (κ3) is 2.18. The number of nitrogens with zero attached hydrogens (tertiary/aromatic N) is 4. The molecule has 2 aromatic rings. The van der Waals surface area contributed by atoms with Gasteiger partial charge in [0.15, 0.2) is 5.69 Å². The SMILES string of the molecule is Cn1nc(C(F)(F)F)cc1-c1ncc([N+](=O)[O-])s1. The number of aromatic nitrogens is 3. The van der Waals surface area contributed by atoms with E-state index in [0.29, 0.717) is 11.3 Å². The molecule has 0 saturated carbocycles. The minimum Gasteiger partial charge on any atom is -0.265 e. The van der Waals surface area contributed by atoms with Gasteiger partial charge in [0.1, 0.15) is 11.2 Å². The normalized spacial score (nSPS) is 11.8. The Hall–Kier alpha value is -1.97. The van der Waals surface area contributed by atoms with Gasteiger partial charge in [0.2, 0.25) is 0 Å². The molecule has 0 saturated heterocycles. The van der Waals surface area contributed by atoms with Crippen LogP contribution in [0.5, 0.6) is 0 Å². The first-order valence-corrected chi connectivity index (χ1v) is 5.32. The highest BCUT2D eigenvalue weighted by atomic mass is 32.1. The van der Waals surface area contributed by atoms with Crippen molar-refractivity contribution in [1.82, 2.24) is 14.8 Å². The van der Waals surface area contributed by atoms with Crippen LogP contribution in [0.4, 0.5) is 18.2 Å². The van der Waals surface area contributed by atoms with Crippen LogP contribution in [0.25, 0.3) is 10.7 Å². The summed E-state index contributed by atoms with van der Waals surface area (Å²) >= 11 is 0.694. The summed E-state index contributed by atoms with van der Waals surface area (Å²) in [7, 11) is 1.32. The van der Waals surface area contributed by atoms with Gasteiger partial charge in [-0.3, -0.25) is 14.8 Å². The van der Waals surface area contributed by atoms with E-state index in [-0.39, 0.29) is 15.7 Å². The minimum atomic E-state index is -4.56. The predicted octanol–water partition coefficient (Wildman–Crippen LogP) is 2.47. The molecule has 0 N–H and O–H groups in total. The zero-order valence-corrected chi connectivity index (χ0v) is 9.62. The first kappa shape index (κ1) is 12.5. The van der Waals surface area contributed by atoms with E-state index in [9.17, 15) is 23.3 Å². The summed E-state index contributed by atoms with van der Waals surface area (Å²) in [6, 6.07) is 0.808. The fraction of sp³-hybridized carbons (Fsp3) is 0.250. The number of nitro groups is 1. The monoisotopic (exact) mass is 278 g/mol. The molecule has 0 fully saturated rings. The lowest BCUT2D eigenvalue weighted by Gasteiger charge is -1.98. The molecule has 0 unspecified atom stereocenters. The van der Waals surface area contributed by atoms with Gasteiger partial charge >= 0.3 is 11.2 Å². The third-order valence-electron chi connectivity index (χ3n) is 2.06. The van der Waals surface area contributed by atoms with E-state index in [2.05, 4.69) is 10.1 Å². The Morgan fingerprint density at radius 3 is 2.61 bits per heavy atom. The average Bonchev–Trinajstić information content (AvgIpc) is 2.81. The molecule has 10 heteroatoms. The topological polar surface area (TPSA) is 73.8 Å². The molecule has 0 aliphatic carbocycles. The predicted molar refractivity (Wildman–Crippen MR) is 56.0 cm³/mol. The Morgan fingerprint density at radius 2 is 2.17 bits per heavy atom. The fourth-order valence-electron chi connectivity index (χ4n) is 1.27. The molecule has 6 nitrogen and oxygen atoms in total. The molecule has 18 heavy (non-hydrogen) atoms. The summed E-state index contributed by atoms with van der Waals surface area (Å²) in [5.74, 6) is 0. The Balaban J connectivity index is 2.44. The standard InChI is InChI=1S/C8H5F3N4O2S/c1-14-4(2-5(13-14)8(9,10)11)7-12-3-6(18-7)15(16)17/h2-3H,1H3. The Morgan fingerprint density at radius 1 is 1.50 bits per heavy atom. The van der Waals surface area contributed by atoms with Crippen LogP contribution >= 0.6 is 11.3 Å². The molecule has 0 atom stereocenters. The average molecular weight is 278 g/mol. The highest BCUT2D eigenvalue weighted by molar-refractivity contribution is 7.18. The lowest BCUT2D eigenvalue weighted by molar-refractivity contribution is -0.380. The number of alkyl halides is 3. The Bertz CT molecular complexity index is 604. The quantitative estimate of drug-likeness (QED) is 0.624. The van der Waals surface area contributed by atoms with E-state index in [4.69, 9.17) is 0 Å². The minimum absolute atomic E-state index is 0.0837. The van der Waals surface area contributed by atoms with Gasteiger partial charge in [-0.2, -0.15) is 18.3 Å². The van der Waals surface area contributed by atoms with Crippen molar-refractivity contribution in [3.8, 4) is 10.7 Å². The van der Waals surface area contributed by atoms with E-state index in [1.807, 2.05) is 0 Å². The number of aryl methyl sites for hydroxylation is 1. The number of hydrogen-bond donors (Lipinski definition) is 0. The first-order valence-electron chi connectivity index (χ1n) is 4.51. The van der Waals surface area contributed by atoms with Crippen molar-refractivity contribution in [1.29, 1.82) is 0 Å². The molecule has 0 spiro atoms. The van der Waals surface area contributed by atoms with E-state index in [1.165, 1.54) is 7.05 Å². The smallest absolute Gasteiger partial charge is 0.265 e. The molecule has 96 valence electrons. The maximum Gasteiger partial charge on any atom is 0.435 e. The number of halogens is 3. The second-order valence-electron chi connectivity index (χ2n) is 3.30. The van der Waals surface area contributed by atoms with Gasteiger partial charge in [-0.1, -0.05) is 0 Å². The molecule has 0 aromatic carbocycles. The summed E-state index contributed by atoms with van der Waals surface area (Å²) < 4.78 is 38.3. The van der Waals surface area contributed by atoms with E-state index >= 15 is 0 Å². The van der Waals surface area contributed by atoms with Crippen LogP contribution in [0.1, 0.15) is 5.69 Å². The zero-order valence-electron chi connectivity index (χ0n) is 8.80. The van der Waals surface area contributed by atoms with Gasteiger partial charge in [0.05, 0.1) is 10.6 Å². The molecular formula is C8H5F3N4O2S. The van der Waals surface area contributed by atoms with Crippen molar-refractivity contribution in [2.75, 3.05) is 0 Å². The van der Waals surface area contributed by atoms with Gasteiger partial charge in [0.25, 0.3) is 0 Å². The largest absolute Gasteiger partial charge is 0.435 e. The highest BCUT2D eigenvalue weighted by Gasteiger charge is 2.35. The maximum absolute atomic E-state index is 12.4. The lowest BCUT2D eigenvalue weighted by Crippen LogP contribution is -2.06. The Labute approximate surface area is 102 Å². The lowest BCUT2D eigenvalue weighted by atomic mass is 10.3. The molecule has 0 radical (unpaired) electrons. The van der Waals surface area contributed by atoms with Crippen molar-refractivity contribution >= 4 is 16.3 Å². The number of thiazole rings is 1. The molecule has 0 bridgehead atoms. The second-order valence-corrected chi connectivity index (χ2v) is 4.31. The van der Waals surface area contributed by atoms with Crippen molar-refractivity contribution in [3.63, 3.8) is 0 Å². The molecule has 0 amide bonds. The third-order valence-corrected chi connectivity index (χ3v) is 3.03. The fourth-order valence-corrected chi connectivity index (χ4v) is 2.05. The molecule has 0 aliphatic heterocycles. The number of hydrogen-bond acceptors (Lipinski definition) is 5. The van der Waals surface area contributed by atoms with Crippen molar-refractivity contribution < 1.29 is 18.1 Å². The van der Waals surface area contributed by atoms with Crippen LogP contribution in [-0.2, 0) is 13.2 Å². The van der Waals surface area contributed by atoms with Crippen LogP contribution in [0.15, 0.2) is 12.3 Å². The van der Waals surface area contributed by atoms with E-state index in [1.54, 1.807) is 0 Å². The molecule has 0 aliphatic rings. The summed E-state index contributed by atoms with van der Waals surface area (Å²) in [5.41, 5.74) is -0.974. The van der Waals surface area contributed by atoms with Crippen LogP contribution in [0, 0.1) is 10.1 Å². The van der Waals surface area contributed by atoms with Crippen molar-refractivity contribution in [3.05, 3.63) is 28.1 Å². The van der Waals surface area contributed by atoms with Crippen LogP contribution in [0.3, 0.4) is 0 Å². The first-order chi connectivity index (χ1) is 8.29. The molecule has 2 rings (SSSR count). The summed E-state index contributed by atoms with van der Waals surface area (Å²) in [6.45, 7) is 0. The highest BCUT2D eigenvalue weighted by Crippen LogP contribution is 2.34. The van der Waals surface area contributed by atoms with Crippen LogP contribution < -0.4 is 0 Å². The van der Waals surface area contributed by atoms with Gasteiger partial charge in [-0.15, -0.1) is 0 Å². The van der Waals surface area contributed by atoms with Gasteiger partial charge in [-0.25, -0.2) is 4.98 Å². The second kappa shape index (κ2) is 4.05. The zero-order chi connectivity index (χ0) is 13.5. The summed E-state index contributed by atoms with van der Waals surface area (Å²) in [6.07, 6.45) is -3.56. The summed E-state index contributed by atoms with van der Waals surface area (Å²) in [4.78, 5) is 13.5. The molecule has 2 heterocycles. The number of rotatable bonds is 2. The van der Waals surface area contributed by atoms with Crippen molar-refractivity contribution in [2.24, 2.45) is 7.05 Å². The molecular weight excluding hydrogens is 273 g/mol. The van der Waals surface area contributed by atoms with E-state index < -0.39 is 16.8 Å². The Kier molecular flexibility index (Phi) is 2.81. The van der Waals surface area contributed by atoms with Crippen LogP contribution in [-0.4, -0.2) is 19.7 Å². The van der Waals surface area contributed by atoms with Crippen LogP contribution in [0.2, 0.25) is 0 Å².